The van der Waals surface area contributed by atoms with Crippen LogP contribution in [-0.4, -0.2) is 120 Å². The smallest absolute Gasteiger partial charge is 0.353 e. The summed E-state index contributed by atoms with van der Waals surface area (Å²) in [6.45, 7) is 18.3. The fourth-order valence-electron chi connectivity index (χ4n) is 3.86. The van der Waals surface area contributed by atoms with Crippen LogP contribution in [0.4, 0.5) is 0 Å². The van der Waals surface area contributed by atoms with Gasteiger partial charge >= 0.3 is 54.3 Å². The van der Waals surface area contributed by atoms with Crippen LogP contribution in [0, 0.1) is 0 Å². The number of hydrogen-bond acceptors (Lipinski definition) is 17. The van der Waals surface area contributed by atoms with Gasteiger partial charge in [-0.05, 0) is 69.2 Å². The molecule has 2 fully saturated rings. The SMILES string of the molecule is CCO[Si]1(OCC)O[Si](OCC)(OCC)O[Si]2(OCC)O[Si](OCC)(OCC)O[Si](OCC)(OCC)O[Si](OCC)(O1)O2. The van der Waals surface area contributed by atoms with E-state index in [0.29, 0.717) is 0 Å². The van der Waals surface area contributed by atoms with Gasteiger partial charge in [-0.1, -0.05) is 0 Å². The van der Waals surface area contributed by atoms with Gasteiger partial charge in [-0.3, -0.25) is 0 Å². The molecular formula is C20H50O17Si6. The summed E-state index contributed by atoms with van der Waals surface area (Å²) in [7, 11) is -26.7. The third-order valence-electron chi connectivity index (χ3n) is 4.96. The highest BCUT2D eigenvalue weighted by Crippen LogP contribution is 2.41. The first-order chi connectivity index (χ1) is 20.6. The minimum atomic E-state index is -4.66. The van der Waals surface area contributed by atoms with Crippen LogP contribution in [0.1, 0.15) is 69.2 Å². The number of rotatable bonds is 20. The van der Waals surface area contributed by atoms with Crippen molar-refractivity contribution in [3.63, 3.8) is 0 Å². The van der Waals surface area contributed by atoms with Gasteiger partial charge in [0.05, 0.1) is 0 Å². The van der Waals surface area contributed by atoms with Crippen molar-refractivity contribution >= 4 is 54.3 Å². The monoisotopic (exact) mass is 730 g/mol. The summed E-state index contributed by atoms with van der Waals surface area (Å²) in [4.78, 5) is 0. The van der Waals surface area contributed by atoms with E-state index < -0.39 is 54.3 Å². The maximum absolute atomic E-state index is 6.66. The van der Waals surface area contributed by atoms with Crippen LogP contribution >= 0.6 is 0 Å². The quantitative estimate of drug-likeness (QED) is 0.168. The van der Waals surface area contributed by atoms with Gasteiger partial charge < -0.3 is 73.1 Å². The van der Waals surface area contributed by atoms with Gasteiger partial charge in [-0.15, -0.1) is 0 Å². The topological polar surface area (TPSA) is 157 Å². The van der Waals surface area contributed by atoms with Crippen LogP contribution < -0.4 is 0 Å². The van der Waals surface area contributed by atoms with E-state index in [1.807, 2.05) is 0 Å². The van der Waals surface area contributed by atoms with Crippen molar-refractivity contribution in [2.45, 2.75) is 69.2 Å². The maximum Gasteiger partial charge on any atom is 0.668 e. The molecule has 0 aromatic heterocycles. The van der Waals surface area contributed by atoms with Crippen molar-refractivity contribution in [3.05, 3.63) is 0 Å². The minimum Gasteiger partial charge on any atom is -0.353 e. The first-order valence-corrected chi connectivity index (χ1v) is 24.7. The molecule has 0 atom stereocenters. The Bertz CT molecular complexity index is 669. The van der Waals surface area contributed by atoms with E-state index >= 15 is 0 Å². The lowest BCUT2D eigenvalue weighted by Gasteiger charge is -2.49. The van der Waals surface area contributed by atoms with E-state index in [0.717, 1.165) is 0 Å². The number of fused-ring (bicyclic) bond motifs is 2. The molecule has 0 unspecified atom stereocenters. The third-order valence-corrected chi connectivity index (χ3v) is 25.4. The highest BCUT2D eigenvalue weighted by Gasteiger charge is 2.81. The van der Waals surface area contributed by atoms with E-state index in [-0.39, 0.29) is 66.1 Å². The van der Waals surface area contributed by atoms with Gasteiger partial charge in [-0.2, -0.15) is 0 Å². The minimum absolute atomic E-state index is 0.0350. The normalized spacial score (nSPS) is 28.0. The third kappa shape index (κ3) is 10.3. The van der Waals surface area contributed by atoms with Gasteiger partial charge in [0.15, 0.2) is 0 Å². The first kappa shape index (κ1) is 39.8. The Labute approximate surface area is 262 Å². The standard InChI is InChI=1S/C20H50O17Si6/c1-11-21-38(22-12-2)31-39(23-13-3,24-14-4)34-43(30-20-10)36-41(27-17-7,28-18-8)32-40(25-15-5,26-16-6)35-42(33-38,37-43)29-19-9/h11-20H2,1-10H3. The maximum atomic E-state index is 6.66. The second-order valence-electron chi connectivity index (χ2n) is 8.04. The van der Waals surface area contributed by atoms with Crippen molar-refractivity contribution in [1.82, 2.24) is 0 Å². The largest absolute Gasteiger partial charge is 0.668 e. The molecule has 23 heteroatoms. The molecule has 2 heterocycles. The van der Waals surface area contributed by atoms with Crippen molar-refractivity contribution in [1.29, 1.82) is 0 Å². The molecule has 2 aliphatic heterocycles. The van der Waals surface area contributed by atoms with Gasteiger partial charge in [-0.25, -0.2) is 0 Å². The average Bonchev–Trinajstić information content (AvgIpc) is 2.88. The molecule has 2 aliphatic rings. The molecule has 0 aromatic carbocycles. The van der Waals surface area contributed by atoms with Crippen LogP contribution in [0.2, 0.25) is 0 Å². The molecule has 0 radical (unpaired) electrons. The van der Waals surface area contributed by atoms with E-state index in [9.17, 15) is 0 Å². The molecule has 43 heavy (non-hydrogen) atoms. The second kappa shape index (κ2) is 18.2. The fourth-order valence-corrected chi connectivity index (χ4v) is 26.9. The van der Waals surface area contributed by atoms with Crippen molar-refractivity contribution in [2.75, 3.05) is 66.1 Å². The Morgan fingerprint density at radius 1 is 0.256 bits per heavy atom. The van der Waals surface area contributed by atoms with Gasteiger partial charge in [0.25, 0.3) is 0 Å². The lowest BCUT2D eigenvalue weighted by Crippen LogP contribution is -2.82. The van der Waals surface area contributed by atoms with Crippen molar-refractivity contribution in [3.8, 4) is 0 Å². The molecule has 0 aromatic rings. The van der Waals surface area contributed by atoms with E-state index in [4.69, 9.17) is 73.1 Å². The molecule has 0 N–H and O–H groups in total. The summed E-state index contributed by atoms with van der Waals surface area (Å²) in [5, 5.41) is 0. The molecule has 2 rings (SSSR count). The first-order valence-electron chi connectivity index (χ1n) is 14.9. The number of hydrogen-bond donors (Lipinski definition) is 0. The lowest BCUT2D eigenvalue weighted by molar-refractivity contribution is -0.126. The zero-order valence-electron chi connectivity index (χ0n) is 27.0. The molecule has 0 spiro atoms. The Hall–Kier alpha value is 0.621. The van der Waals surface area contributed by atoms with Crippen LogP contribution in [0.25, 0.3) is 0 Å². The Morgan fingerprint density at radius 2 is 0.442 bits per heavy atom. The Kier molecular flexibility index (Phi) is 16.9. The molecule has 0 amide bonds. The highest BCUT2D eigenvalue weighted by molar-refractivity contribution is 6.89. The summed E-state index contributed by atoms with van der Waals surface area (Å²) in [5.41, 5.74) is 0. The second-order valence-corrected chi connectivity index (χ2v) is 22.6. The summed E-state index contributed by atoms with van der Waals surface area (Å²) in [5.74, 6) is 0. The van der Waals surface area contributed by atoms with E-state index in [1.165, 1.54) is 0 Å². The summed E-state index contributed by atoms with van der Waals surface area (Å²) >= 11 is 0. The molecule has 256 valence electrons. The predicted molar refractivity (Wildman–Crippen MR) is 158 cm³/mol. The van der Waals surface area contributed by atoms with Crippen LogP contribution in [0.5, 0.6) is 0 Å². The molecule has 17 nitrogen and oxygen atoms in total. The Morgan fingerprint density at radius 3 is 0.605 bits per heavy atom. The fraction of sp³-hybridized carbons (Fsp3) is 1.00. The zero-order valence-corrected chi connectivity index (χ0v) is 33.0. The molecule has 2 bridgehead atoms. The average molecular weight is 731 g/mol. The van der Waals surface area contributed by atoms with E-state index in [2.05, 4.69) is 0 Å². The van der Waals surface area contributed by atoms with Crippen molar-refractivity contribution in [2.24, 2.45) is 0 Å². The van der Waals surface area contributed by atoms with Gasteiger partial charge in [0.1, 0.15) is 0 Å². The van der Waals surface area contributed by atoms with Gasteiger partial charge in [0, 0.05) is 66.1 Å². The van der Waals surface area contributed by atoms with Gasteiger partial charge in [0.2, 0.25) is 0 Å². The van der Waals surface area contributed by atoms with E-state index in [1.54, 1.807) is 69.2 Å². The summed E-state index contributed by atoms with van der Waals surface area (Å²) in [6, 6.07) is 0. The lowest BCUT2D eigenvalue weighted by atomic mass is 10.9. The predicted octanol–water partition coefficient (Wildman–Crippen LogP) is 2.11. The van der Waals surface area contributed by atoms with Crippen LogP contribution in [0.15, 0.2) is 0 Å². The van der Waals surface area contributed by atoms with Crippen LogP contribution in [-0.2, 0) is 73.1 Å². The Balaban J connectivity index is 3.01. The summed E-state index contributed by atoms with van der Waals surface area (Å²) < 4.78 is 107. The molecule has 0 aliphatic carbocycles. The molecular weight excluding hydrogens is 681 g/mol. The highest BCUT2D eigenvalue weighted by atomic mass is 28.6. The molecule has 0 saturated carbocycles. The van der Waals surface area contributed by atoms with Crippen LogP contribution in [0.3, 0.4) is 0 Å². The van der Waals surface area contributed by atoms with Crippen molar-refractivity contribution < 1.29 is 73.1 Å². The summed E-state index contributed by atoms with van der Waals surface area (Å²) in [6.07, 6.45) is 0. The zero-order chi connectivity index (χ0) is 32.1. The molecule has 2 saturated heterocycles.